The van der Waals surface area contributed by atoms with Gasteiger partial charge in [-0.15, -0.1) is 12.4 Å². The summed E-state index contributed by atoms with van der Waals surface area (Å²) >= 11 is 0. The van der Waals surface area contributed by atoms with Crippen LogP contribution in [0.3, 0.4) is 0 Å². The van der Waals surface area contributed by atoms with Gasteiger partial charge in [-0.1, -0.05) is 13.8 Å². The second kappa shape index (κ2) is 8.27. The summed E-state index contributed by atoms with van der Waals surface area (Å²) in [5.41, 5.74) is 3.96. The summed E-state index contributed by atoms with van der Waals surface area (Å²) in [5.74, 6) is -1.47. The van der Waals surface area contributed by atoms with E-state index in [1.165, 1.54) is 0 Å². The number of alkyl halides is 3. The number of benzene rings is 1. The van der Waals surface area contributed by atoms with Crippen LogP contribution in [-0.2, 0) is 16.2 Å². The van der Waals surface area contributed by atoms with Crippen LogP contribution >= 0.6 is 12.4 Å². The molecule has 4 nitrogen and oxygen atoms in total. The lowest BCUT2D eigenvalue weighted by atomic mass is 10.1. The van der Waals surface area contributed by atoms with Crippen LogP contribution in [0.5, 0.6) is 0 Å². The third-order valence-corrected chi connectivity index (χ3v) is 4.44. The summed E-state index contributed by atoms with van der Waals surface area (Å²) in [6, 6.07) is 0.907. The quantitative estimate of drug-likeness (QED) is 0.747. The van der Waals surface area contributed by atoms with Gasteiger partial charge in [0.2, 0.25) is 10.0 Å². The first-order chi connectivity index (χ1) is 9.97. The maximum atomic E-state index is 13.5. The molecule has 134 valence electrons. The van der Waals surface area contributed by atoms with Gasteiger partial charge in [0.05, 0.1) is 10.5 Å². The van der Waals surface area contributed by atoms with E-state index in [1.807, 2.05) is 13.8 Å². The first-order valence-electron chi connectivity index (χ1n) is 6.56. The number of halogens is 5. The normalized spacial score (nSPS) is 13.7. The van der Waals surface area contributed by atoms with Crippen molar-refractivity contribution < 1.29 is 26.0 Å². The van der Waals surface area contributed by atoms with E-state index in [2.05, 4.69) is 4.72 Å². The zero-order valence-corrected chi connectivity index (χ0v) is 14.2. The average molecular weight is 379 g/mol. The molecule has 0 aliphatic heterocycles. The molecule has 10 heteroatoms. The lowest BCUT2D eigenvalue weighted by Crippen LogP contribution is -2.41. The van der Waals surface area contributed by atoms with Crippen molar-refractivity contribution in [1.82, 2.24) is 4.72 Å². The molecule has 1 aromatic carbocycles. The standard InChI is InChI=1S/C13H18F4N2O2S.ClH/c1-8(2)5-9(7-18)19-22(20,21)10-3-4-11(12(14)6-10)13(15,16)17;/h3-4,6,8-9,19H,5,7,18H2,1-2H3;1H. The number of nitrogens with two attached hydrogens (primary N) is 1. The van der Waals surface area contributed by atoms with Crippen molar-refractivity contribution in [2.75, 3.05) is 6.54 Å². The lowest BCUT2D eigenvalue weighted by molar-refractivity contribution is -0.140. The van der Waals surface area contributed by atoms with Crippen LogP contribution in [0.1, 0.15) is 25.8 Å². The fourth-order valence-corrected chi connectivity index (χ4v) is 3.22. The van der Waals surface area contributed by atoms with Crippen LogP contribution in [0, 0.1) is 11.7 Å². The van der Waals surface area contributed by atoms with E-state index in [-0.39, 0.29) is 24.9 Å². The van der Waals surface area contributed by atoms with Gasteiger partial charge < -0.3 is 5.73 Å². The maximum Gasteiger partial charge on any atom is 0.419 e. The molecule has 0 bridgehead atoms. The average Bonchev–Trinajstić information content (AvgIpc) is 2.35. The van der Waals surface area contributed by atoms with Crippen molar-refractivity contribution in [3.05, 3.63) is 29.6 Å². The first-order valence-corrected chi connectivity index (χ1v) is 8.05. The molecule has 0 aliphatic carbocycles. The Kier molecular flexibility index (Phi) is 7.95. The fourth-order valence-electron chi connectivity index (χ4n) is 1.94. The van der Waals surface area contributed by atoms with Crippen LogP contribution in [0.4, 0.5) is 17.6 Å². The topological polar surface area (TPSA) is 72.2 Å². The summed E-state index contributed by atoms with van der Waals surface area (Å²) in [5, 5.41) is 0. The predicted octanol–water partition coefficient (Wildman–Crippen LogP) is 2.92. The second-order valence-corrected chi connectivity index (χ2v) is 7.04. The summed E-state index contributed by atoms with van der Waals surface area (Å²) in [6.45, 7) is 3.77. The van der Waals surface area contributed by atoms with Crippen LogP contribution in [-0.4, -0.2) is 21.0 Å². The van der Waals surface area contributed by atoms with Crippen LogP contribution < -0.4 is 10.5 Å². The zero-order chi connectivity index (χ0) is 17.1. The van der Waals surface area contributed by atoms with Crippen molar-refractivity contribution >= 4 is 22.4 Å². The monoisotopic (exact) mass is 378 g/mol. The van der Waals surface area contributed by atoms with Crippen LogP contribution in [0.15, 0.2) is 23.1 Å². The van der Waals surface area contributed by atoms with Gasteiger partial charge >= 0.3 is 6.18 Å². The Balaban J connectivity index is 0.00000484. The molecule has 0 aliphatic rings. The summed E-state index contributed by atoms with van der Waals surface area (Å²) in [6.07, 6.45) is -4.42. The maximum absolute atomic E-state index is 13.5. The molecule has 1 atom stereocenters. The molecule has 0 saturated heterocycles. The van der Waals surface area contributed by atoms with Gasteiger partial charge in [0.1, 0.15) is 5.82 Å². The van der Waals surface area contributed by atoms with Gasteiger partial charge in [-0.05, 0) is 30.5 Å². The van der Waals surface area contributed by atoms with E-state index in [0.29, 0.717) is 18.6 Å². The van der Waals surface area contributed by atoms with E-state index in [1.54, 1.807) is 0 Å². The third kappa shape index (κ3) is 6.25. The van der Waals surface area contributed by atoms with E-state index in [0.717, 1.165) is 6.07 Å². The highest BCUT2D eigenvalue weighted by Crippen LogP contribution is 2.32. The van der Waals surface area contributed by atoms with Crippen molar-refractivity contribution in [1.29, 1.82) is 0 Å². The minimum atomic E-state index is -4.88. The highest BCUT2D eigenvalue weighted by molar-refractivity contribution is 7.89. The largest absolute Gasteiger partial charge is 0.419 e. The highest BCUT2D eigenvalue weighted by atomic mass is 35.5. The number of hydrogen-bond acceptors (Lipinski definition) is 3. The Hall–Kier alpha value is -0.900. The fraction of sp³-hybridized carbons (Fsp3) is 0.538. The first kappa shape index (κ1) is 22.1. The minimum Gasteiger partial charge on any atom is -0.329 e. The molecule has 0 amide bonds. The molecule has 1 unspecified atom stereocenters. The Morgan fingerprint density at radius 2 is 1.83 bits per heavy atom. The Labute approximate surface area is 138 Å². The van der Waals surface area contributed by atoms with Gasteiger partial charge in [0.25, 0.3) is 0 Å². The number of rotatable bonds is 6. The molecule has 0 fully saturated rings. The molecule has 1 rings (SSSR count). The molecule has 0 heterocycles. The smallest absolute Gasteiger partial charge is 0.329 e. The number of nitrogens with one attached hydrogen (secondary N) is 1. The SMILES string of the molecule is CC(C)CC(CN)NS(=O)(=O)c1ccc(C(F)(F)F)c(F)c1.Cl. The van der Waals surface area contributed by atoms with Crippen molar-refractivity contribution in [2.45, 2.75) is 37.4 Å². The van der Waals surface area contributed by atoms with E-state index in [4.69, 9.17) is 5.73 Å². The van der Waals surface area contributed by atoms with Crippen molar-refractivity contribution in [3.8, 4) is 0 Å². The number of sulfonamides is 1. The molecular formula is C13H19ClF4N2O2S. The molecule has 0 spiro atoms. The van der Waals surface area contributed by atoms with E-state index in [9.17, 15) is 26.0 Å². The lowest BCUT2D eigenvalue weighted by Gasteiger charge is -2.19. The third-order valence-electron chi connectivity index (χ3n) is 2.92. The van der Waals surface area contributed by atoms with E-state index >= 15 is 0 Å². The van der Waals surface area contributed by atoms with Gasteiger partial charge in [-0.3, -0.25) is 0 Å². The molecule has 1 aromatic rings. The molecule has 23 heavy (non-hydrogen) atoms. The highest BCUT2D eigenvalue weighted by Gasteiger charge is 2.34. The molecule has 0 aromatic heterocycles. The van der Waals surface area contributed by atoms with Gasteiger partial charge in [-0.2, -0.15) is 13.2 Å². The van der Waals surface area contributed by atoms with Crippen LogP contribution in [0.25, 0.3) is 0 Å². The second-order valence-electron chi connectivity index (χ2n) is 5.32. The van der Waals surface area contributed by atoms with Crippen molar-refractivity contribution in [2.24, 2.45) is 11.7 Å². The predicted molar refractivity (Wildman–Crippen MR) is 81.3 cm³/mol. The molecule has 0 radical (unpaired) electrons. The van der Waals surface area contributed by atoms with E-state index < -0.39 is 38.5 Å². The summed E-state index contributed by atoms with van der Waals surface area (Å²) < 4.78 is 77.3. The summed E-state index contributed by atoms with van der Waals surface area (Å²) in [4.78, 5) is -0.569. The van der Waals surface area contributed by atoms with Gasteiger partial charge in [0.15, 0.2) is 0 Å². The van der Waals surface area contributed by atoms with Crippen LogP contribution in [0.2, 0.25) is 0 Å². The molecule has 0 saturated carbocycles. The van der Waals surface area contributed by atoms with Gasteiger partial charge in [-0.25, -0.2) is 17.5 Å². The Bertz CT molecular complexity index is 621. The number of hydrogen-bond donors (Lipinski definition) is 2. The summed E-state index contributed by atoms with van der Waals surface area (Å²) in [7, 11) is -4.14. The van der Waals surface area contributed by atoms with Gasteiger partial charge in [0, 0.05) is 12.6 Å². The Morgan fingerprint density at radius 3 is 2.22 bits per heavy atom. The van der Waals surface area contributed by atoms with Crippen molar-refractivity contribution in [3.63, 3.8) is 0 Å². The minimum absolute atomic E-state index is 0. The zero-order valence-electron chi connectivity index (χ0n) is 12.5. The molecular weight excluding hydrogens is 360 g/mol. The Morgan fingerprint density at radius 1 is 1.26 bits per heavy atom. The molecule has 3 N–H and O–H groups in total.